The highest BCUT2D eigenvalue weighted by atomic mass is 16.5. The maximum atomic E-state index is 12.1. The predicted octanol–water partition coefficient (Wildman–Crippen LogP) is 2.91. The van der Waals surface area contributed by atoms with Crippen LogP contribution in [0.25, 0.3) is 0 Å². The largest absolute Gasteiger partial charge is 0.497 e. The lowest BCUT2D eigenvalue weighted by Crippen LogP contribution is -2.27. The van der Waals surface area contributed by atoms with Crippen molar-refractivity contribution in [3.8, 4) is 11.5 Å². The van der Waals surface area contributed by atoms with E-state index in [2.05, 4.69) is 5.32 Å². The SMILES string of the molecule is COc1ccc(CCNC(=O)Cc2cc(C)ccc2OC)cc1. The summed E-state index contributed by atoms with van der Waals surface area (Å²) in [5.41, 5.74) is 3.19. The zero-order chi connectivity index (χ0) is 16.7. The molecule has 0 radical (unpaired) electrons. The van der Waals surface area contributed by atoms with Crippen molar-refractivity contribution in [3.05, 3.63) is 59.2 Å². The summed E-state index contributed by atoms with van der Waals surface area (Å²) in [7, 11) is 3.27. The van der Waals surface area contributed by atoms with Gasteiger partial charge in [0.25, 0.3) is 0 Å². The van der Waals surface area contributed by atoms with E-state index in [0.717, 1.165) is 29.0 Å². The van der Waals surface area contributed by atoms with Gasteiger partial charge in [0.15, 0.2) is 0 Å². The van der Waals surface area contributed by atoms with Crippen LogP contribution in [0, 0.1) is 6.92 Å². The number of aryl methyl sites for hydroxylation is 1. The molecule has 0 spiro atoms. The van der Waals surface area contributed by atoms with Gasteiger partial charge in [-0.05, 0) is 37.1 Å². The van der Waals surface area contributed by atoms with Crippen LogP contribution in [0.15, 0.2) is 42.5 Å². The van der Waals surface area contributed by atoms with E-state index in [1.165, 1.54) is 5.56 Å². The van der Waals surface area contributed by atoms with Crippen LogP contribution in [0.4, 0.5) is 0 Å². The van der Waals surface area contributed by atoms with Crippen molar-refractivity contribution >= 4 is 5.91 Å². The molecule has 23 heavy (non-hydrogen) atoms. The monoisotopic (exact) mass is 313 g/mol. The van der Waals surface area contributed by atoms with Crippen LogP contribution < -0.4 is 14.8 Å². The molecular weight excluding hydrogens is 290 g/mol. The van der Waals surface area contributed by atoms with Gasteiger partial charge in [-0.2, -0.15) is 0 Å². The average Bonchev–Trinajstić information content (AvgIpc) is 2.56. The maximum absolute atomic E-state index is 12.1. The van der Waals surface area contributed by atoms with Crippen LogP contribution in [0.1, 0.15) is 16.7 Å². The van der Waals surface area contributed by atoms with Gasteiger partial charge in [0.2, 0.25) is 5.91 Å². The van der Waals surface area contributed by atoms with Crippen molar-refractivity contribution < 1.29 is 14.3 Å². The van der Waals surface area contributed by atoms with E-state index < -0.39 is 0 Å². The molecule has 0 atom stereocenters. The quantitative estimate of drug-likeness (QED) is 0.855. The molecule has 0 bridgehead atoms. The summed E-state index contributed by atoms with van der Waals surface area (Å²) >= 11 is 0. The van der Waals surface area contributed by atoms with Crippen molar-refractivity contribution in [1.29, 1.82) is 0 Å². The molecule has 0 aromatic heterocycles. The number of ether oxygens (including phenoxy) is 2. The molecule has 0 saturated carbocycles. The lowest BCUT2D eigenvalue weighted by molar-refractivity contribution is -0.120. The van der Waals surface area contributed by atoms with Gasteiger partial charge < -0.3 is 14.8 Å². The number of amides is 1. The van der Waals surface area contributed by atoms with Gasteiger partial charge in [-0.25, -0.2) is 0 Å². The highest BCUT2D eigenvalue weighted by molar-refractivity contribution is 5.79. The Labute approximate surface area is 137 Å². The first kappa shape index (κ1) is 16.9. The first-order chi connectivity index (χ1) is 11.1. The van der Waals surface area contributed by atoms with E-state index in [-0.39, 0.29) is 5.91 Å². The second kappa shape index (κ2) is 8.22. The van der Waals surface area contributed by atoms with Crippen molar-refractivity contribution in [1.82, 2.24) is 5.32 Å². The van der Waals surface area contributed by atoms with E-state index in [0.29, 0.717) is 13.0 Å². The summed E-state index contributed by atoms with van der Waals surface area (Å²) in [5, 5.41) is 2.95. The smallest absolute Gasteiger partial charge is 0.224 e. The molecule has 0 aliphatic heterocycles. The third-order valence-electron chi connectivity index (χ3n) is 3.68. The second-order valence-electron chi connectivity index (χ2n) is 5.44. The van der Waals surface area contributed by atoms with E-state index in [9.17, 15) is 4.79 Å². The van der Waals surface area contributed by atoms with Gasteiger partial charge in [0.1, 0.15) is 11.5 Å². The minimum Gasteiger partial charge on any atom is -0.497 e. The summed E-state index contributed by atoms with van der Waals surface area (Å²) in [6, 6.07) is 13.7. The zero-order valence-electron chi connectivity index (χ0n) is 13.9. The summed E-state index contributed by atoms with van der Waals surface area (Å²) in [4.78, 5) is 12.1. The molecule has 0 saturated heterocycles. The highest BCUT2D eigenvalue weighted by Crippen LogP contribution is 2.20. The van der Waals surface area contributed by atoms with Crippen LogP contribution in [0.2, 0.25) is 0 Å². The first-order valence-electron chi connectivity index (χ1n) is 7.65. The minimum absolute atomic E-state index is 0.00223. The molecule has 4 heteroatoms. The molecule has 0 heterocycles. The Morgan fingerprint density at radius 3 is 2.43 bits per heavy atom. The Morgan fingerprint density at radius 2 is 1.78 bits per heavy atom. The molecule has 0 unspecified atom stereocenters. The number of hydrogen-bond donors (Lipinski definition) is 1. The fraction of sp³-hybridized carbons (Fsp3) is 0.316. The van der Waals surface area contributed by atoms with Gasteiger partial charge in [0.05, 0.1) is 20.6 Å². The van der Waals surface area contributed by atoms with E-state index in [1.54, 1.807) is 14.2 Å². The molecule has 0 fully saturated rings. The van der Waals surface area contributed by atoms with Crippen molar-refractivity contribution in [2.45, 2.75) is 19.8 Å². The summed E-state index contributed by atoms with van der Waals surface area (Å²) < 4.78 is 10.4. The molecule has 2 rings (SSSR count). The zero-order valence-corrected chi connectivity index (χ0v) is 13.9. The first-order valence-corrected chi connectivity index (χ1v) is 7.65. The summed E-state index contributed by atoms with van der Waals surface area (Å²) in [6.07, 6.45) is 1.12. The molecule has 122 valence electrons. The molecule has 2 aromatic rings. The van der Waals surface area contributed by atoms with Crippen LogP contribution in [0.3, 0.4) is 0 Å². The van der Waals surface area contributed by atoms with Crippen molar-refractivity contribution in [3.63, 3.8) is 0 Å². The lowest BCUT2D eigenvalue weighted by atomic mass is 10.1. The topological polar surface area (TPSA) is 47.6 Å². The highest BCUT2D eigenvalue weighted by Gasteiger charge is 2.08. The number of benzene rings is 2. The van der Waals surface area contributed by atoms with E-state index in [4.69, 9.17) is 9.47 Å². The minimum atomic E-state index is 0.00223. The van der Waals surface area contributed by atoms with Crippen LogP contribution in [-0.4, -0.2) is 26.7 Å². The molecule has 1 amide bonds. The Bertz CT molecular complexity index is 650. The van der Waals surface area contributed by atoms with E-state index >= 15 is 0 Å². The Hall–Kier alpha value is -2.49. The Kier molecular flexibility index (Phi) is 6.03. The third kappa shape index (κ3) is 5.02. The summed E-state index contributed by atoms with van der Waals surface area (Å²) in [6.45, 7) is 2.61. The van der Waals surface area contributed by atoms with Crippen LogP contribution >= 0.6 is 0 Å². The molecule has 0 aliphatic rings. The molecule has 2 aromatic carbocycles. The number of hydrogen-bond acceptors (Lipinski definition) is 3. The van der Waals surface area contributed by atoms with Gasteiger partial charge in [-0.1, -0.05) is 29.8 Å². The molecule has 1 N–H and O–H groups in total. The third-order valence-corrected chi connectivity index (χ3v) is 3.68. The number of carbonyl (C=O) groups is 1. The molecule has 0 aliphatic carbocycles. The summed E-state index contributed by atoms with van der Waals surface area (Å²) in [5.74, 6) is 1.59. The van der Waals surface area contributed by atoms with E-state index in [1.807, 2.05) is 49.4 Å². The van der Waals surface area contributed by atoms with Gasteiger partial charge >= 0.3 is 0 Å². The normalized spacial score (nSPS) is 10.2. The number of rotatable bonds is 7. The van der Waals surface area contributed by atoms with Crippen molar-refractivity contribution in [2.75, 3.05) is 20.8 Å². The molecular formula is C19H23NO3. The standard InChI is InChI=1S/C19H23NO3/c1-14-4-9-18(23-3)16(12-14)13-19(21)20-11-10-15-5-7-17(22-2)8-6-15/h4-9,12H,10-11,13H2,1-3H3,(H,20,21). The maximum Gasteiger partial charge on any atom is 0.224 e. The average molecular weight is 313 g/mol. The van der Waals surface area contributed by atoms with Crippen LogP contribution in [-0.2, 0) is 17.6 Å². The Morgan fingerprint density at radius 1 is 1.04 bits per heavy atom. The van der Waals surface area contributed by atoms with Crippen molar-refractivity contribution in [2.24, 2.45) is 0 Å². The number of carbonyl (C=O) groups excluding carboxylic acids is 1. The number of nitrogens with one attached hydrogen (secondary N) is 1. The van der Waals surface area contributed by atoms with Gasteiger partial charge in [-0.15, -0.1) is 0 Å². The van der Waals surface area contributed by atoms with Crippen LogP contribution in [0.5, 0.6) is 11.5 Å². The second-order valence-corrected chi connectivity index (χ2v) is 5.44. The number of methoxy groups -OCH3 is 2. The lowest BCUT2D eigenvalue weighted by Gasteiger charge is -2.10. The predicted molar refractivity (Wildman–Crippen MR) is 91.1 cm³/mol. The Balaban J connectivity index is 1.84. The molecule has 4 nitrogen and oxygen atoms in total. The van der Waals surface area contributed by atoms with Gasteiger partial charge in [0, 0.05) is 12.1 Å². The fourth-order valence-electron chi connectivity index (χ4n) is 2.42. The van der Waals surface area contributed by atoms with Gasteiger partial charge in [-0.3, -0.25) is 4.79 Å². The fourth-order valence-corrected chi connectivity index (χ4v) is 2.42.